The molecule has 4 aromatic rings. The van der Waals surface area contributed by atoms with Crippen LogP contribution in [0.3, 0.4) is 0 Å². The summed E-state index contributed by atoms with van der Waals surface area (Å²) in [6.07, 6.45) is 1.70. The molecule has 0 saturated carbocycles. The number of hydrogen-bond acceptors (Lipinski definition) is 5. The Kier molecular flexibility index (Phi) is 4.72. The first-order chi connectivity index (χ1) is 13.7. The lowest BCUT2D eigenvalue weighted by atomic mass is 10.1. The maximum Gasteiger partial charge on any atom is 0.255 e. The van der Waals surface area contributed by atoms with Gasteiger partial charge in [0.05, 0.1) is 12.3 Å². The van der Waals surface area contributed by atoms with E-state index in [1.807, 2.05) is 62.4 Å². The molecule has 0 atom stereocenters. The van der Waals surface area contributed by atoms with Crippen LogP contribution in [-0.2, 0) is 0 Å². The highest BCUT2D eigenvalue weighted by Gasteiger charge is 2.13. The van der Waals surface area contributed by atoms with Crippen molar-refractivity contribution in [3.8, 4) is 11.4 Å². The zero-order valence-electron chi connectivity index (χ0n) is 15.6. The van der Waals surface area contributed by atoms with Gasteiger partial charge in [-0.25, -0.2) is 4.98 Å². The number of rotatable bonds is 5. The topological polar surface area (TPSA) is 81.9 Å². The summed E-state index contributed by atoms with van der Waals surface area (Å²) in [5.41, 5.74) is 4.40. The smallest absolute Gasteiger partial charge is 0.255 e. The number of aryl methyl sites for hydroxylation is 1. The van der Waals surface area contributed by atoms with Gasteiger partial charge in [-0.15, -0.1) is 5.10 Å². The molecule has 0 aliphatic carbocycles. The minimum Gasteiger partial charge on any atom is -0.494 e. The molecule has 0 spiro atoms. The Labute approximate surface area is 162 Å². The van der Waals surface area contributed by atoms with Crippen LogP contribution in [0.1, 0.15) is 22.8 Å². The lowest BCUT2D eigenvalue weighted by Crippen LogP contribution is -2.12. The van der Waals surface area contributed by atoms with Gasteiger partial charge in [0.1, 0.15) is 11.3 Å². The van der Waals surface area contributed by atoms with Crippen LogP contribution in [-0.4, -0.2) is 32.5 Å². The molecule has 0 unspecified atom stereocenters. The van der Waals surface area contributed by atoms with E-state index >= 15 is 0 Å². The van der Waals surface area contributed by atoms with Gasteiger partial charge < -0.3 is 10.1 Å². The number of ether oxygens (including phenoxy) is 1. The van der Waals surface area contributed by atoms with Crippen LogP contribution < -0.4 is 10.1 Å². The Morgan fingerprint density at radius 2 is 1.96 bits per heavy atom. The number of aromatic nitrogens is 4. The molecule has 7 nitrogen and oxygen atoms in total. The van der Waals surface area contributed by atoms with Crippen molar-refractivity contribution in [3.63, 3.8) is 0 Å². The standard InChI is InChI=1S/C21H19N5O2/c1-3-28-17-9-7-16(8-10-17)23-21(27)15-6-11-19(14(2)13-15)26-20-18(24-25-26)5-4-12-22-20/h4-13H,3H2,1-2H3,(H,23,27). The van der Waals surface area contributed by atoms with Gasteiger partial charge in [0.2, 0.25) is 0 Å². The van der Waals surface area contributed by atoms with E-state index in [0.717, 1.165) is 22.5 Å². The summed E-state index contributed by atoms with van der Waals surface area (Å²) in [6, 6.07) is 16.4. The van der Waals surface area contributed by atoms with E-state index in [1.165, 1.54) is 0 Å². The van der Waals surface area contributed by atoms with E-state index in [9.17, 15) is 4.79 Å². The van der Waals surface area contributed by atoms with Gasteiger partial charge in [-0.05, 0) is 74.0 Å². The molecule has 7 heteroatoms. The molecule has 2 heterocycles. The first-order valence-electron chi connectivity index (χ1n) is 8.97. The maximum atomic E-state index is 12.6. The zero-order valence-corrected chi connectivity index (χ0v) is 15.6. The number of nitrogens with one attached hydrogen (secondary N) is 1. The average molecular weight is 373 g/mol. The number of pyridine rings is 1. The molecule has 0 aliphatic heterocycles. The number of fused-ring (bicyclic) bond motifs is 1. The summed E-state index contributed by atoms with van der Waals surface area (Å²) in [6.45, 7) is 4.47. The van der Waals surface area contributed by atoms with Crippen molar-refractivity contribution in [2.75, 3.05) is 11.9 Å². The van der Waals surface area contributed by atoms with E-state index < -0.39 is 0 Å². The Morgan fingerprint density at radius 1 is 1.14 bits per heavy atom. The molecular weight excluding hydrogens is 354 g/mol. The number of carbonyl (C=O) groups excluding carboxylic acids is 1. The number of benzene rings is 2. The zero-order chi connectivity index (χ0) is 19.5. The largest absolute Gasteiger partial charge is 0.494 e. The number of carbonyl (C=O) groups is 1. The quantitative estimate of drug-likeness (QED) is 0.576. The van der Waals surface area contributed by atoms with E-state index in [4.69, 9.17) is 4.74 Å². The highest BCUT2D eigenvalue weighted by Crippen LogP contribution is 2.20. The molecule has 0 fully saturated rings. The van der Waals surface area contributed by atoms with Gasteiger partial charge in [0.25, 0.3) is 5.91 Å². The fraction of sp³-hybridized carbons (Fsp3) is 0.143. The number of amides is 1. The lowest BCUT2D eigenvalue weighted by Gasteiger charge is -2.10. The van der Waals surface area contributed by atoms with Crippen molar-refractivity contribution in [1.29, 1.82) is 0 Å². The van der Waals surface area contributed by atoms with E-state index in [-0.39, 0.29) is 5.91 Å². The molecule has 2 aromatic heterocycles. The fourth-order valence-electron chi connectivity index (χ4n) is 2.97. The number of hydrogen-bond donors (Lipinski definition) is 1. The highest BCUT2D eigenvalue weighted by molar-refractivity contribution is 6.04. The molecule has 4 rings (SSSR count). The predicted molar refractivity (Wildman–Crippen MR) is 107 cm³/mol. The summed E-state index contributed by atoms with van der Waals surface area (Å²) in [5.74, 6) is 0.592. The second-order valence-electron chi connectivity index (χ2n) is 6.26. The van der Waals surface area contributed by atoms with Gasteiger partial charge in [0.15, 0.2) is 5.65 Å². The summed E-state index contributed by atoms with van der Waals surface area (Å²) >= 11 is 0. The molecular formula is C21H19N5O2. The van der Waals surface area contributed by atoms with Crippen LogP contribution >= 0.6 is 0 Å². The van der Waals surface area contributed by atoms with Crippen molar-refractivity contribution in [2.45, 2.75) is 13.8 Å². The molecule has 1 amide bonds. The Balaban J connectivity index is 1.56. The van der Waals surface area contributed by atoms with Gasteiger partial charge in [-0.2, -0.15) is 4.68 Å². The summed E-state index contributed by atoms with van der Waals surface area (Å²) in [4.78, 5) is 16.9. The second kappa shape index (κ2) is 7.48. The fourth-order valence-corrected chi connectivity index (χ4v) is 2.97. The molecule has 0 saturated heterocycles. The third kappa shape index (κ3) is 3.42. The maximum absolute atomic E-state index is 12.6. The Bertz CT molecular complexity index is 1140. The highest BCUT2D eigenvalue weighted by atomic mass is 16.5. The molecule has 0 aliphatic rings. The van der Waals surface area contributed by atoms with Gasteiger partial charge >= 0.3 is 0 Å². The van der Waals surface area contributed by atoms with E-state index in [0.29, 0.717) is 23.5 Å². The van der Waals surface area contributed by atoms with E-state index in [1.54, 1.807) is 16.9 Å². The summed E-state index contributed by atoms with van der Waals surface area (Å²) in [7, 11) is 0. The molecule has 140 valence electrons. The monoisotopic (exact) mass is 373 g/mol. The van der Waals surface area contributed by atoms with Crippen molar-refractivity contribution in [1.82, 2.24) is 20.0 Å². The third-order valence-electron chi connectivity index (χ3n) is 4.32. The first kappa shape index (κ1) is 17.7. The molecule has 0 bridgehead atoms. The van der Waals surface area contributed by atoms with Gasteiger partial charge in [0, 0.05) is 17.4 Å². The number of anilines is 1. The first-order valence-corrected chi connectivity index (χ1v) is 8.97. The van der Waals surface area contributed by atoms with Crippen LogP contribution in [0.2, 0.25) is 0 Å². The average Bonchev–Trinajstić information content (AvgIpc) is 3.13. The summed E-state index contributed by atoms with van der Waals surface area (Å²) in [5, 5.41) is 11.2. The van der Waals surface area contributed by atoms with Gasteiger partial charge in [-0.3, -0.25) is 4.79 Å². The third-order valence-corrected chi connectivity index (χ3v) is 4.32. The SMILES string of the molecule is CCOc1ccc(NC(=O)c2ccc(-n3nnc4cccnc43)c(C)c2)cc1. The van der Waals surface area contributed by atoms with Crippen LogP contribution in [0.5, 0.6) is 5.75 Å². The van der Waals surface area contributed by atoms with Crippen molar-refractivity contribution >= 4 is 22.8 Å². The Morgan fingerprint density at radius 3 is 2.71 bits per heavy atom. The Hall–Kier alpha value is -3.74. The predicted octanol–water partition coefficient (Wildman–Crippen LogP) is 3.77. The minimum atomic E-state index is -0.180. The van der Waals surface area contributed by atoms with Gasteiger partial charge in [-0.1, -0.05) is 5.21 Å². The van der Waals surface area contributed by atoms with Crippen LogP contribution in [0, 0.1) is 6.92 Å². The number of nitrogens with zero attached hydrogens (tertiary/aromatic N) is 4. The van der Waals surface area contributed by atoms with Crippen LogP contribution in [0.4, 0.5) is 5.69 Å². The van der Waals surface area contributed by atoms with Crippen molar-refractivity contribution in [2.24, 2.45) is 0 Å². The molecule has 1 N–H and O–H groups in total. The molecule has 2 aromatic carbocycles. The summed E-state index contributed by atoms with van der Waals surface area (Å²) < 4.78 is 7.09. The normalized spacial score (nSPS) is 10.8. The molecule has 28 heavy (non-hydrogen) atoms. The van der Waals surface area contributed by atoms with Crippen molar-refractivity contribution in [3.05, 3.63) is 71.9 Å². The minimum absolute atomic E-state index is 0.180. The lowest BCUT2D eigenvalue weighted by molar-refractivity contribution is 0.102. The molecule has 0 radical (unpaired) electrons. The second-order valence-corrected chi connectivity index (χ2v) is 6.26. The van der Waals surface area contributed by atoms with Crippen LogP contribution in [0.15, 0.2) is 60.8 Å². The van der Waals surface area contributed by atoms with Crippen molar-refractivity contribution < 1.29 is 9.53 Å². The van der Waals surface area contributed by atoms with Crippen LogP contribution in [0.25, 0.3) is 16.9 Å². The van der Waals surface area contributed by atoms with E-state index in [2.05, 4.69) is 20.6 Å².